The number of piperidine rings is 1. The third kappa shape index (κ3) is 2.99. The lowest BCUT2D eigenvalue weighted by atomic mass is 9.91. The van der Waals surface area contributed by atoms with E-state index in [-0.39, 0.29) is 22.8 Å². The predicted molar refractivity (Wildman–Crippen MR) is 97.7 cm³/mol. The zero-order valence-corrected chi connectivity index (χ0v) is 15.8. The van der Waals surface area contributed by atoms with E-state index in [9.17, 15) is 9.59 Å². The average molecular weight is 347 g/mol. The maximum atomic E-state index is 12.6. The number of fused-ring (bicyclic) bond motifs is 1. The molecular formula is C18H25N3O2S. The van der Waals surface area contributed by atoms with Crippen molar-refractivity contribution < 1.29 is 4.79 Å². The fraction of sp³-hybridized carbons (Fsp3) is 0.611. The van der Waals surface area contributed by atoms with Crippen LogP contribution in [0.1, 0.15) is 55.8 Å². The highest BCUT2D eigenvalue weighted by Crippen LogP contribution is 2.30. The van der Waals surface area contributed by atoms with Gasteiger partial charge in [0.25, 0.3) is 5.56 Å². The number of nitrogens with one attached hydrogen (secondary N) is 1. The highest BCUT2D eigenvalue weighted by Gasteiger charge is 2.32. The lowest BCUT2D eigenvalue weighted by molar-refractivity contribution is -0.140. The van der Waals surface area contributed by atoms with Gasteiger partial charge in [-0.3, -0.25) is 9.59 Å². The van der Waals surface area contributed by atoms with Crippen LogP contribution >= 0.6 is 11.3 Å². The minimum absolute atomic E-state index is 0.0591. The first-order valence-corrected chi connectivity index (χ1v) is 9.29. The molecule has 1 aliphatic rings. The van der Waals surface area contributed by atoms with Gasteiger partial charge in [0, 0.05) is 29.3 Å². The molecule has 0 saturated carbocycles. The molecule has 2 aromatic rings. The first kappa shape index (κ1) is 17.1. The summed E-state index contributed by atoms with van der Waals surface area (Å²) in [5.41, 5.74) is 0.578. The van der Waals surface area contributed by atoms with E-state index in [4.69, 9.17) is 4.98 Å². The second-order valence-corrected chi connectivity index (χ2v) is 8.96. The van der Waals surface area contributed by atoms with Gasteiger partial charge in [-0.1, -0.05) is 20.8 Å². The number of hydrogen-bond acceptors (Lipinski definition) is 4. The van der Waals surface area contributed by atoms with Gasteiger partial charge in [0.15, 0.2) is 0 Å². The van der Waals surface area contributed by atoms with Gasteiger partial charge in [-0.15, -0.1) is 11.3 Å². The Morgan fingerprint density at radius 1 is 1.33 bits per heavy atom. The van der Waals surface area contributed by atoms with Crippen LogP contribution in [0.15, 0.2) is 4.79 Å². The smallest absolute Gasteiger partial charge is 0.259 e. The Morgan fingerprint density at radius 3 is 2.71 bits per heavy atom. The maximum absolute atomic E-state index is 12.6. The molecule has 1 saturated heterocycles. The summed E-state index contributed by atoms with van der Waals surface area (Å²) < 4.78 is 0. The van der Waals surface area contributed by atoms with E-state index >= 15 is 0 Å². The Morgan fingerprint density at radius 2 is 2.04 bits per heavy atom. The van der Waals surface area contributed by atoms with Gasteiger partial charge in [0.2, 0.25) is 5.91 Å². The maximum Gasteiger partial charge on any atom is 0.259 e. The minimum atomic E-state index is -0.380. The van der Waals surface area contributed by atoms with Crippen LogP contribution in [0.3, 0.4) is 0 Å². The summed E-state index contributed by atoms with van der Waals surface area (Å²) in [6.45, 7) is 11.2. The molecule has 1 atom stereocenters. The van der Waals surface area contributed by atoms with Gasteiger partial charge in [0.1, 0.15) is 10.7 Å². The summed E-state index contributed by atoms with van der Waals surface area (Å²) >= 11 is 1.57. The van der Waals surface area contributed by atoms with Crippen molar-refractivity contribution in [3.63, 3.8) is 0 Å². The first-order valence-electron chi connectivity index (χ1n) is 8.47. The first-order chi connectivity index (χ1) is 11.2. The third-order valence-corrected chi connectivity index (χ3v) is 5.90. The number of carbonyl (C=O) groups excluding carboxylic acids is 1. The molecule has 0 bridgehead atoms. The van der Waals surface area contributed by atoms with E-state index in [1.165, 1.54) is 0 Å². The normalized spacial score (nSPS) is 19.0. The van der Waals surface area contributed by atoms with E-state index in [0.717, 1.165) is 40.5 Å². The van der Waals surface area contributed by atoms with Crippen molar-refractivity contribution in [1.29, 1.82) is 0 Å². The van der Waals surface area contributed by atoms with Crippen LogP contribution < -0.4 is 5.56 Å². The highest BCUT2D eigenvalue weighted by molar-refractivity contribution is 7.18. The number of aryl methyl sites for hydroxylation is 2. The largest absolute Gasteiger partial charge is 0.342 e. The Kier molecular flexibility index (Phi) is 4.28. The van der Waals surface area contributed by atoms with Crippen molar-refractivity contribution in [2.75, 3.05) is 13.1 Å². The SMILES string of the molecule is Cc1sc2nc([C@H]3CCCN(C(=O)C(C)(C)C)C3)[nH]c(=O)c2c1C. The molecule has 0 unspecified atom stereocenters. The Balaban J connectivity index is 1.93. The fourth-order valence-electron chi connectivity index (χ4n) is 3.32. The van der Waals surface area contributed by atoms with Gasteiger partial charge in [0.05, 0.1) is 5.39 Å². The quantitative estimate of drug-likeness (QED) is 0.860. The summed E-state index contributed by atoms with van der Waals surface area (Å²) in [5.74, 6) is 0.989. The van der Waals surface area contributed by atoms with E-state index in [1.807, 2.05) is 39.5 Å². The van der Waals surface area contributed by atoms with E-state index < -0.39 is 0 Å². The number of aromatic amines is 1. The lowest BCUT2D eigenvalue weighted by Gasteiger charge is -2.36. The average Bonchev–Trinajstić information content (AvgIpc) is 2.81. The number of hydrogen-bond donors (Lipinski definition) is 1. The standard InChI is InChI=1S/C18H25N3O2S/c1-10-11(2)24-16-13(10)15(22)19-14(20-16)12-7-6-8-21(9-12)17(23)18(3,4)5/h12H,6-9H2,1-5H3,(H,19,20,22)/t12-/m0/s1. The number of thiophene rings is 1. The third-order valence-electron chi connectivity index (χ3n) is 4.79. The number of carbonyl (C=O) groups is 1. The monoisotopic (exact) mass is 347 g/mol. The molecule has 6 heteroatoms. The Hall–Kier alpha value is -1.69. The van der Waals surface area contributed by atoms with Crippen molar-refractivity contribution in [3.05, 3.63) is 26.6 Å². The van der Waals surface area contributed by atoms with Gasteiger partial charge < -0.3 is 9.88 Å². The molecule has 0 radical (unpaired) electrons. The van der Waals surface area contributed by atoms with Crippen molar-refractivity contribution in [1.82, 2.24) is 14.9 Å². The molecule has 0 aliphatic carbocycles. The van der Waals surface area contributed by atoms with Crippen LogP contribution in [0.5, 0.6) is 0 Å². The lowest BCUT2D eigenvalue weighted by Crippen LogP contribution is -2.45. The summed E-state index contributed by atoms with van der Waals surface area (Å²) in [6.07, 6.45) is 1.89. The molecule has 5 nitrogen and oxygen atoms in total. The molecule has 0 aromatic carbocycles. The molecule has 2 aromatic heterocycles. The molecule has 1 amide bonds. The van der Waals surface area contributed by atoms with Crippen LogP contribution in [-0.2, 0) is 4.79 Å². The van der Waals surface area contributed by atoms with Gasteiger partial charge in [-0.05, 0) is 32.3 Å². The highest BCUT2D eigenvalue weighted by atomic mass is 32.1. The molecule has 24 heavy (non-hydrogen) atoms. The van der Waals surface area contributed by atoms with E-state index in [2.05, 4.69) is 4.98 Å². The van der Waals surface area contributed by atoms with Crippen molar-refractivity contribution in [3.8, 4) is 0 Å². The van der Waals surface area contributed by atoms with Crippen LogP contribution in [0.2, 0.25) is 0 Å². The number of H-pyrrole nitrogens is 1. The zero-order chi connectivity index (χ0) is 17.6. The molecule has 3 rings (SSSR count). The number of likely N-dealkylation sites (tertiary alicyclic amines) is 1. The molecular weight excluding hydrogens is 322 g/mol. The number of nitrogens with zero attached hydrogens (tertiary/aromatic N) is 2. The topological polar surface area (TPSA) is 66.1 Å². The summed E-state index contributed by atoms with van der Waals surface area (Å²) in [6, 6.07) is 0. The number of aromatic nitrogens is 2. The van der Waals surface area contributed by atoms with Crippen molar-refractivity contribution in [2.24, 2.45) is 5.41 Å². The van der Waals surface area contributed by atoms with Gasteiger partial charge in [-0.2, -0.15) is 0 Å². The van der Waals surface area contributed by atoms with Crippen molar-refractivity contribution in [2.45, 2.75) is 53.4 Å². The van der Waals surface area contributed by atoms with E-state index in [0.29, 0.717) is 11.9 Å². The molecule has 1 fully saturated rings. The molecule has 0 spiro atoms. The van der Waals surface area contributed by atoms with Crippen LogP contribution in [-0.4, -0.2) is 33.9 Å². The summed E-state index contributed by atoms with van der Waals surface area (Å²) in [7, 11) is 0. The van der Waals surface area contributed by atoms with Crippen LogP contribution in [0.25, 0.3) is 10.2 Å². The van der Waals surface area contributed by atoms with Crippen LogP contribution in [0, 0.1) is 19.3 Å². The minimum Gasteiger partial charge on any atom is -0.342 e. The Bertz CT molecular complexity index is 844. The summed E-state index contributed by atoms with van der Waals surface area (Å²) in [4.78, 5) is 36.6. The molecule has 1 aliphatic heterocycles. The summed E-state index contributed by atoms with van der Waals surface area (Å²) in [5, 5.41) is 0.708. The van der Waals surface area contributed by atoms with E-state index in [1.54, 1.807) is 11.3 Å². The second kappa shape index (κ2) is 5.99. The fourth-order valence-corrected chi connectivity index (χ4v) is 4.36. The second-order valence-electron chi connectivity index (χ2n) is 7.75. The molecule has 1 N–H and O–H groups in total. The van der Waals surface area contributed by atoms with Crippen LogP contribution in [0.4, 0.5) is 0 Å². The van der Waals surface area contributed by atoms with Gasteiger partial charge >= 0.3 is 0 Å². The number of rotatable bonds is 1. The zero-order valence-electron chi connectivity index (χ0n) is 15.0. The molecule has 130 valence electrons. The predicted octanol–water partition coefficient (Wildman–Crippen LogP) is 3.35. The number of amides is 1. The molecule has 3 heterocycles. The van der Waals surface area contributed by atoms with Gasteiger partial charge in [-0.25, -0.2) is 4.98 Å². The Labute approximate surface area is 146 Å². The van der Waals surface area contributed by atoms with Crippen molar-refractivity contribution >= 4 is 27.5 Å².